The third-order valence-corrected chi connectivity index (χ3v) is 5.20. The van der Waals surface area contributed by atoms with E-state index in [9.17, 15) is 22.8 Å². The number of alkyl halides is 3. The summed E-state index contributed by atoms with van der Waals surface area (Å²) >= 11 is 6.91. The van der Waals surface area contributed by atoms with Crippen molar-refractivity contribution in [3.8, 4) is 0 Å². The van der Waals surface area contributed by atoms with Crippen LogP contribution in [-0.4, -0.2) is 29.8 Å². The predicted molar refractivity (Wildman–Crippen MR) is 99.2 cm³/mol. The maximum atomic E-state index is 13.6. The molecule has 2 aromatic carbocycles. The minimum atomic E-state index is -4.74. The van der Waals surface area contributed by atoms with Crippen molar-refractivity contribution in [2.45, 2.75) is 23.5 Å². The second kappa shape index (κ2) is 7.82. The number of hydrogen-bond donors (Lipinski definition) is 1. The minimum absolute atomic E-state index is 0.0346. The number of rotatable bonds is 3. The fourth-order valence-electron chi connectivity index (χ4n) is 2.74. The summed E-state index contributed by atoms with van der Waals surface area (Å²) in [6, 6.07) is 10.4. The summed E-state index contributed by atoms with van der Waals surface area (Å²) < 4.78 is 40.8. The molecular formula is C18H14ClF3N2O2S. The van der Waals surface area contributed by atoms with Gasteiger partial charge in [-0.25, -0.2) is 0 Å². The Balaban J connectivity index is 1.91. The maximum absolute atomic E-state index is 13.6. The molecule has 0 saturated heterocycles. The Morgan fingerprint density at radius 3 is 2.52 bits per heavy atom. The number of amides is 2. The molecule has 0 spiro atoms. The molecule has 1 atom stereocenters. The van der Waals surface area contributed by atoms with E-state index in [1.165, 1.54) is 18.2 Å². The van der Waals surface area contributed by atoms with Crippen molar-refractivity contribution in [3.63, 3.8) is 0 Å². The lowest BCUT2D eigenvalue weighted by Crippen LogP contribution is -2.50. The first kappa shape index (κ1) is 19.6. The van der Waals surface area contributed by atoms with E-state index in [0.717, 1.165) is 11.8 Å². The Kier molecular flexibility index (Phi) is 5.67. The van der Waals surface area contributed by atoms with Gasteiger partial charge in [0.2, 0.25) is 11.8 Å². The number of nitrogens with one attached hydrogen (secondary N) is 1. The molecule has 0 radical (unpaired) electrons. The Morgan fingerprint density at radius 1 is 1.19 bits per heavy atom. The summed E-state index contributed by atoms with van der Waals surface area (Å²) in [4.78, 5) is 26.1. The average Bonchev–Trinajstić information content (AvgIpc) is 2.76. The molecule has 4 nitrogen and oxygen atoms in total. The second-order valence-corrected chi connectivity index (χ2v) is 7.32. The van der Waals surface area contributed by atoms with Crippen molar-refractivity contribution in [2.75, 3.05) is 16.0 Å². The van der Waals surface area contributed by atoms with E-state index < -0.39 is 30.5 Å². The van der Waals surface area contributed by atoms with Crippen LogP contribution in [0.5, 0.6) is 0 Å². The Labute approximate surface area is 162 Å². The Morgan fingerprint density at radius 2 is 1.85 bits per heavy atom. The first-order valence-electron chi connectivity index (χ1n) is 7.92. The van der Waals surface area contributed by atoms with E-state index in [1.807, 2.05) is 0 Å². The van der Waals surface area contributed by atoms with Gasteiger partial charge in [0, 0.05) is 9.92 Å². The van der Waals surface area contributed by atoms with Gasteiger partial charge in [-0.05, 0) is 36.4 Å². The summed E-state index contributed by atoms with van der Waals surface area (Å²) in [6.07, 6.45) is -5.59. The number of hydrogen-bond acceptors (Lipinski definition) is 3. The number of para-hydroxylation sites is 2. The van der Waals surface area contributed by atoms with Crippen molar-refractivity contribution in [1.82, 2.24) is 0 Å². The third kappa shape index (κ3) is 4.56. The SMILES string of the molecule is O=C1CC(C(F)(F)F)N(C(=O)CSc2ccc(Cl)cc2)c2ccccc2N1. The topological polar surface area (TPSA) is 49.4 Å². The van der Waals surface area contributed by atoms with Crippen LogP contribution in [-0.2, 0) is 9.59 Å². The van der Waals surface area contributed by atoms with E-state index in [1.54, 1.807) is 30.3 Å². The fourth-order valence-corrected chi connectivity index (χ4v) is 3.62. The van der Waals surface area contributed by atoms with E-state index in [0.29, 0.717) is 14.8 Å². The van der Waals surface area contributed by atoms with E-state index in [-0.39, 0.29) is 17.1 Å². The molecule has 0 aliphatic carbocycles. The zero-order chi connectivity index (χ0) is 19.6. The van der Waals surface area contributed by atoms with Crippen LogP contribution in [0.15, 0.2) is 53.4 Å². The second-order valence-electron chi connectivity index (χ2n) is 5.83. The normalized spacial score (nSPS) is 17.1. The molecule has 0 fully saturated rings. The molecule has 2 amide bonds. The highest BCUT2D eigenvalue weighted by Crippen LogP contribution is 2.38. The lowest BCUT2D eigenvalue weighted by Gasteiger charge is -2.31. The first-order valence-corrected chi connectivity index (χ1v) is 9.28. The summed E-state index contributed by atoms with van der Waals surface area (Å²) in [5.74, 6) is -1.73. The molecular weight excluding hydrogens is 401 g/mol. The molecule has 0 aromatic heterocycles. The van der Waals surface area contributed by atoms with Crippen LogP contribution >= 0.6 is 23.4 Å². The third-order valence-electron chi connectivity index (χ3n) is 3.95. The van der Waals surface area contributed by atoms with Gasteiger partial charge in [0.05, 0.1) is 23.5 Å². The molecule has 1 aliphatic heterocycles. The van der Waals surface area contributed by atoms with Gasteiger partial charge in [0.25, 0.3) is 0 Å². The fraction of sp³-hybridized carbons (Fsp3) is 0.222. The molecule has 0 saturated carbocycles. The molecule has 1 N–H and O–H groups in total. The van der Waals surface area contributed by atoms with Crippen LogP contribution in [0.3, 0.4) is 0 Å². The zero-order valence-corrected chi connectivity index (χ0v) is 15.4. The van der Waals surface area contributed by atoms with Gasteiger partial charge in [-0.3, -0.25) is 14.5 Å². The quantitative estimate of drug-likeness (QED) is 0.738. The summed E-state index contributed by atoms with van der Waals surface area (Å²) in [6.45, 7) is 0. The molecule has 1 aliphatic rings. The van der Waals surface area contributed by atoms with E-state index >= 15 is 0 Å². The molecule has 142 valence electrons. The van der Waals surface area contributed by atoms with Gasteiger partial charge in [0.15, 0.2) is 0 Å². The summed E-state index contributed by atoms with van der Waals surface area (Å²) in [7, 11) is 0. The van der Waals surface area contributed by atoms with Crippen LogP contribution < -0.4 is 10.2 Å². The van der Waals surface area contributed by atoms with Crippen LogP contribution in [0.25, 0.3) is 0 Å². The molecule has 0 bridgehead atoms. The van der Waals surface area contributed by atoms with Gasteiger partial charge in [-0.1, -0.05) is 23.7 Å². The number of benzene rings is 2. The number of anilines is 2. The Hall–Kier alpha value is -2.19. The van der Waals surface area contributed by atoms with Gasteiger partial charge in [-0.15, -0.1) is 11.8 Å². The van der Waals surface area contributed by atoms with Gasteiger partial charge in [0.1, 0.15) is 6.04 Å². The van der Waals surface area contributed by atoms with Crippen LogP contribution in [0.4, 0.5) is 24.5 Å². The van der Waals surface area contributed by atoms with Gasteiger partial charge >= 0.3 is 6.18 Å². The number of fused-ring (bicyclic) bond motifs is 1. The minimum Gasteiger partial charge on any atom is -0.324 e. The smallest absolute Gasteiger partial charge is 0.324 e. The van der Waals surface area contributed by atoms with Gasteiger partial charge in [-0.2, -0.15) is 13.2 Å². The summed E-state index contributed by atoms with van der Waals surface area (Å²) in [5.41, 5.74) is 0.214. The highest BCUT2D eigenvalue weighted by molar-refractivity contribution is 8.00. The molecule has 27 heavy (non-hydrogen) atoms. The monoisotopic (exact) mass is 414 g/mol. The highest BCUT2D eigenvalue weighted by Gasteiger charge is 2.48. The molecule has 3 rings (SSSR count). The van der Waals surface area contributed by atoms with Crippen molar-refractivity contribution in [2.24, 2.45) is 0 Å². The van der Waals surface area contributed by atoms with Crippen molar-refractivity contribution < 1.29 is 22.8 Å². The lowest BCUT2D eigenvalue weighted by atomic mass is 10.1. The van der Waals surface area contributed by atoms with Crippen LogP contribution in [0.2, 0.25) is 5.02 Å². The maximum Gasteiger partial charge on any atom is 0.409 e. The molecule has 1 unspecified atom stereocenters. The summed E-state index contributed by atoms with van der Waals surface area (Å²) in [5, 5.41) is 2.96. The van der Waals surface area contributed by atoms with E-state index in [4.69, 9.17) is 11.6 Å². The Bertz CT molecular complexity index is 858. The average molecular weight is 415 g/mol. The lowest BCUT2D eigenvalue weighted by molar-refractivity contribution is -0.157. The predicted octanol–water partition coefficient (Wildman–Crippen LogP) is 4.74. The number of nitrogens with zero attached hydrogens (tertiary/aromatic N) is 1. The molecule has 9 heteroatoms. The number of carbonyl (C=O) groups is 2. The zero-order valence-electron chi connectivity index (χ0n) is 13.8. The van der Waals surface area contributed by atoms with Gasteiger partial charge < -0.3 is 5.32 Å². The molecule has 2 aromatic rings. The van der Waals surface area contributed by atoms with Crippen LogP contribution in [0, 0.1) is 0 Å². The highest BCUT2D eigenvalue weighted by atomic mass is 35.5. The number of halogens is 4. The number of thioether (sulfide) groups is 1. The van der Waals surface area contributed by atoms with E-state index in [2.05, 4.69) is 5.32 Å². The van der Waals surface area contributed by atoms with Crippen molar-refractivity contribution in [3.05, 3.63) is 53.6 Å². The standard InChI is InChI=1S/C18H14ClF3N2O2S/c19-11-5-7-12(8-6-11)27-10-17(26)24-14-4-2-1-3-13(14)23-16(25)9-15(24)18(20,21)22/h1-8,15H,9-10H2,(H,23,25). The first-order chi connectivity index (χ1) is 12.8. The molecule has 1 heterocycles. The largest absolute Gasteiger partial charge is 0.409 e. The van der Waals surface area contributed by atoms with Crippen LogP contribution in [0.1, 0.15) is 6.42 Å². The number of carbonyl (C=O) groups excluding carboxylic acids is 2. The van der Waals surface area contributed by atoms with Crippen molar-refractivity contribution in [1.29, 1.82) is 0 Å². The van der Waals surface area contributed by atoms with Crippen molar-refractivity contribution >= 4 is 46.6 Å².